The molecule has 1 aromatic rings. The van der Waals surface area contributed by atoms with Gasteiger partial charge in [-0.1, -0.05) is 35.9 Å². The van der Waals surface area contributed by atoms with E-state index in [1.165, 1.54) is 0 Å². The molecule has 1 heterocycles. The maximum atomic E-state index is 9.48. The number of aliphatic hydroxyl groups is 1. The van der Waals surface area contributed by atoms with E-state index in [0.717, 1.165) is 23.4 Å². The Kier molecular flexibility index (Phi) is 3.13. The lowest BCUT2D eigenvalue weighted by atomic mass is 10.2. The summed E-state index contributed by atoms with van der Waals surface area (Å²) in [5, 5.41) is 14.6. The van der Waals surface area contributed by atoms with E-state index in [1.54, 1.807) is 16.8 Å². The number of hydrogen-bond acceptors (Lipinski definition) is 2. The summed E-state index contributed by atoms with van der Waals surface area (Å²) in [6.07, 6.45) is 16.6. The minimum Gasteiger partial charge on any atom is -0.508 e. The summed E-state index contributed by atoms with van der Waals surface area (Å²) >= 11 is 6.41. The zero-order chi connectivity index (χ0) is 13.2. The quantitative estimate of drug-likeness (QED) is 0.842. The van der Waals surface area contributed by atoms with Gasteiger partial charge in [0.2, 0.25) is 0 Å². The fraction of sp³-hybridized carbons (Fsp3) is 0.133. The molecular formula is C15H13ClN2O. The van der Waals surface area contributed by atoms with Gasteiger partial charge >= 0.3 is 0 Å². The van der Waals surface area contributed by atoms with Crippen LogP contribution in [0.25, 0.3) is 11.8 Å². The third kappa shape index (κ3) is 2.29. The smallest absolute Gasteiger partial charge is 0.140 e. The van der Waals surface area contributed by atoms with E-state index in [1.807, 2.05) is 30.4 Å². The van der Waals surface area contributed by atoms with E-state index in [4.69, 9.17) is 11.6 Å². The van der Waals surface area contributed by atoms with Gasteiger partial charge in [-0.3, -0.25) is 0 Å². The molecule has 1 aromatic heterocycles. The van der Waals surface area contributed by atoms with Crippen LogP contribution in [0.5, 0.6) is 0 Å². The molecule has 0 aliphatic heterocycles. The Morgan fingerprint density at radius 1 is 1.16 bits per heavy atom. The molecule has 0 amide bonds. The number of aliphatic hydroxyl groups excluding tert-OH is 1. The van der Waals surface area contributed by atoms with Crippen molar-refractivity contribution in [2.45, 2.75) is 12.8 Å². The monoisotopic (exact) mass is 272 g/mol. The van der Waals surface area contributed by atoms with Gasteiger partial charge in [0.1, 0.15) is 10.9 Å². The van der Waals surface area contributed by atoms with E-state index in [0.29, 0.717) is 11.6 Å². The maximum Gasteiger partial charge on any atom is 0.140 e. The Morgan fingerprint density at radius 2 is 2.05 bits per heavy atom. The number of nitrogens with zero attached hydrogens (tertiary/aromatic N) is 2. The van der Waals surface area contributed by atoms with Gasteiger partial charge < -0.3 is 5.11 Å². The molecular weight excluding hydrogens is 260 g/mol. The van der Waals surface area contributed by atoms with Gasteiger partial charge in [0.15, 0.2) is 0 Å². The second-order valence-electron chi connectivity index (χ2n) is 4.38. The molecule has 2 aliphatic rings. The maximum absolute atomic E-state index is 9.48. The van der Waals surface area contributed by atoms with Gasteiger partial charge in [0, 0.05) is 12.0 Å². The molecule has 19 heavy (non-hydrogen) atoms. The summed E-state index contributed by atoms with van der Waals surface area (Å²) in [6.45, 7) is 0. The zero-order valence-corrected chi connectivity index (χ0v) is 11.0. The van der Waals surface area contributed by atoms with Crippen LogP contribution in [-0.4, -0.2) is 14.9 Å². The Labute approximate surface area is 116 Å². The zero-order valence-electron chi connectivity index (χ0n) is 10.3. The van der Waals surface area contributed by atoms with Gasteiger partial charge in [-0.2, -0.15) is 5.10 Å². The first-order chi connectivity index (χ1) is 9.25. The van der Waals surface area contributed by atoms with Crippen LogP contribution >= 0.6 is 11.6 Å². The third-order valence-electron chi connectivity index (χ3n) is 3.08. The molecule has 4 heteroatoms. The summed E-state index contributed by atoms with van der Waals surface area (Å²) in [6, 6.07) is 0. The highest BCUT2D eigenvalue weighted by molar-refractivity contribution is 6.31. The second kappa shape index (κ2) is 4.94. The van der Waals surface area contributed by atoms with E-state index in [2.05, 4.69) is 11.2 Å². The molecule has 0 radical (unpaired) electrons. The molecule has 0 bridgehead atoms. The molecule has 1 N–H and O–H groups in total. The Morgan fingerprint density at radius 3 is 2.95 bits per heavy atom. The largest absolute Gasteiger partial charge is 0.508 e. The molecule has 3 rings (SSSR count). The number of aromatic nitrogens is 2. The lowest BCUT2D eigenvalue weighted by molar-refractivity contribution is 0.431. The van der Waals surface area contributed by atoms with Crippen molar-refractivity contribution in [1.82, 2.24) is 9.78 Å². The highest BCUT2D eigenvalue weighted by Crippen LogP contribution is 2.28. The van der Waals surface area contributed by atoms with Gasteiger partial charge in [-0.15, -0.1) is 0 Å². The van der Waals surface area contributed by atoms with Crippen molar-refractivity contribution in [3.63, 3.8) is 0 Å². The molecule has 0 saturated carbocycles. The molecule has 0 atom stereocenters. The first kappa shape index (κ1) is 12.1. The van der Waals surface area contributed by atoms with Crippen molar-refractivity contribution in [3.8, 4) is 0 Å². The molecule has 2 aliphatic carbocycles. The van der Waals surface area contributed by atoms with Crippen molar-refractivity contribution >= 4 is 23.4 Å². The first-order valence-electron chi connectivity index (χ1n) is 6.14. The predicted octanol–water partition coefficient (Wildman–Crippen LogP) is 3.90. The van der Waals surface area contributed by atoms with E-state index < -0.39 is 0 Å². The van der Waals surface area contributed by atoms with Crippen LogP contribution < -0.4 is 0 Å². The second-order valence-corrected chi connectivity index (χ2v) is 4.74. The Hall–Kier alpha value is -2.00. The number of allylic oxidation sites excluding steroid dienone is 8. The Balaban J connectivity index is 2.04. The van der Waals surface area contributed by atoms with Gasteiger partial charge in [-0.05, 0) is 30.7 Å². The normalized spacial score (nSPS) is 17.5. The average Bonchev–Trinajstić information content (AvgIpc) is 2.63. The van der Waals surface area contributed by atoms with Crippen molar-refractivity contribution in [1.29, 1.82) is 0 Å². The van der Waals surface area contributed by atoms with Crippen LogP contribution in [0.3, 0.4) is 0 Å². The van der Waals surface area contributed by atoms with Crippen molar-refractivity contribution in [2.75, 3.05) is 0 Å². The van der Waals surface area contributed by atoms with E-state index in [-0.39, 0.29) is 5.76 Å². The lowest BCUT2D eigenvalue weighted by Crippen LogP contribution is -1.98. The van der Waals surface area contributed by atoms with Gasteiger partial charge in [-0.25, -0.2) is 4.68 Å². The topological polar surface area (TPSA) is 38.0 Å². The van der Waals surface area contributed by atoms with Crippen LogP contribution in [0.1, 0.15) is 17.7 Å². The predicted molar refractivity (Wildman–Crippen MR) is 77.9 cm³/mol. The van der Waals surface area contributed by atoms with E-state index >= 15 is 0 Å². The molecule has 0 saturated heterocycles. The molecule has 0 spiro atoms. The molecule has 3 nitrogen and oxygen atoms in total. The van der Waals surface area contributed by atoms with Gasteiger partial charge in [0.25, 0.3) is 0 Å². The summed E-state index contributed by atoms with van der Waals surface area (Å²) in [5.74, 6) is 0.263. The lowest BCUT2D eigenvalue weighted by Gasteiger charge is -2.03. The molecule has 0 fully saturated rings. The number of hydrogen-bond donors (Lipinski definition) is 1. The van der Waals surface area contributed by atoms with Crippen LogP contribution in [-0.2, 0) is 6.42 Å². The molecule has 96 valence electrons. The van der Waals surface area contributed by atoms with Gasteiger partial charge in [0.05, 0.1) is 11.4 Å². The summed E-state index contributed by atoms with van der Waals surface area (Å²) in [5.41, 5.74) is 2.80. The van der Waals surface area contributed by atoms with E-state index in [9.17, 15) is 5.11 Å². The molecule has 0 aromatic carbocycles. The summed E-state index contributed by atoms with van der Waals surface area (Å²) in [7, 11) is 0. The minimum absolute atomic E-state index is 0.263. The highest BCUT2D eigenvalue weighted by Gasteiger charge is 2.16. The van der Waals surface area contributed by atoms with Crippen molar-refractivity contribution < 1.29 is 5.11 Å². The van der Waals surface area contributed by atoms with Crippen molar-refractivity contribution in [2.24, 2.45) is 0 Å². The first-order valence-corrected chi connectivity index (χ1v) is 6.52. The minimum atomic E-state index is 0.263. The van der Waals surface area contributed by atoms with Crippen LogP contribution in [0.4, 0.5) is 0 Å². The van der Waals surface area contributed by atoms with Crippen LogP contribution in [0.15, 0.2) is 48.3 Å². The average molecular weight is 273 g/mol. The highest BCUT2D eigenvalue weighted by atomic mass is 35.5. The Bertz CT molecular complexity index is 660. The van der Waals surface area contributed by atoms with Crippen LogP contribution in [0, 0.1) is 0 Å². The van der Waals surface area contributed by atoms with Crippen LogP contribution in [0.2, 0.25) is 5.15 Å². The standard InChI is InChI=1S/C15H13ClN2O/c16-15-13-7-2-1-3-8-14(13)17-18(15)11-5-4-6-12(19)10-9-11/h1-3,5-7,9-10,19H,4,8H2. The third-order valence-corrected chi connectivity index (χ3v) is 3.45. The fourth-order valence-electron chi connectivity index (χ4n) is 2.11. The summed E-state index contributed by atoms with van der Waals surface area (Å²) in [4.78, 5) is 0. The molecule has 0 unspecified atom stereocenters. The SMILES string of the molecule is OC1=CCC=C(n2nc3c(c2Cl)C=CC=CC3)C=C1. The number of rotatable bonds is 1. The number of fused-ring (bicyclic) bond motifs is 1. The van der Waals surface area contributed by atoms with Crippen molar-refractivity contribution in [3.05, 3.63) is 64.7 Å². The number of halogens is 1. The fourth-order valence-corrected chi connectivity index (χ4v) is 2.42. The summed E-state index contributed by atoms with van der Waals surface area (Å²) < 4.78 is 1.72.